The number of rotatable bonds is 8. The Morgan fingerprint density at radius 1 is 1.37 bits per heavy atom. The van der Waals surface area contributed by atoms with Crippen LogP contribution in [0.2, 0.25) is 5.02 Å². The zero-order valence-electron chi connectivity index (χ0n) is 16.3. The number of nitrogens with zero attached hydrogens (tertiary/aromatic N) is 3. The number of unbranched alkanes of at least 4 members (excludes halogenated alkanes) is 1. The molecule has 1 heterocycles. The molecule has 0 saturated heterocycles. The van der Waals surface area contributed by atoms with Gasteiger partial charge in [0.1, 0.15) is 12.4 Å². The molecular weight excluding hydrogens is 382 g/mol. The van der Waals surface area contributed by atoms with Crippen molar-refractivity contribution in [3.05, 3.63) is 56.8 Å². The third kappa shape index (κ3) is 5.47. The number of methoxy groups -OCH3 is 1. The summed E-state index contributed by atoms with van der Waals surface area (Å²) in [7, 11) is 1.61. The lowest BCUT2D eigenvalue weighted by Gasteiger charge is -2.09. The van der Waals surface area contributed by atoms with Gasteiger partial charge in [0.2, 0.25) is 5.84 Å². The first kappa shape index (κ1) is 21.3. The summed E-state index contributed by atoms with van der Waals surface area (Å²) in [6.07, 6.45) is 3.84. The summed E-state index contributed by atoms with van der Waals surface area (Å²) in [5.41, 5.74) is 1.90. The first-order valence-electron chi connectivity index (χ1n) is 8.88. The number of hydrogen-bond donors (Lipinski definition) is 0. The Kier molecular flexibility index (Phi) is 8.13. The average molecular weight is 408 g/mol. The molecule has 0 aliphatic rings. The standard InChI is InChI=1S/C20H26ClN3O2S/c1-6-8-11-24-14(3)15(4)27-20(24)22-19(23-26-12-7-2)17-13-16(21)9-10-18(17)25-5/h7,9-10,13H,2,6,8,11-12H2,1,3-5H3. The lowest BCUT2D eigenvalue weighted by Crippen LogP contribution is -2.19. The van der Waals surface area contributed by atoms with Crippen LogP contribution in [-0.2, 0) is 11.4 Å². The van der Waals surface area contributed by atoms with E-state index in [4.69, 9.17) is 26.2 Å². The number of halogens is 1. The molecule has 2 rings (SSSR count). The summed E-state index contributed by atoms with van der Waals surface area (Å²) < 4.78 is 7.70. The van der Waals surface area contributed by atoms with Crippen molar-refractivity contribution in [2.24, 2.45) is 10.1 Å². The van der Waals surface area contributed by atoms with E-state index >= 15 is 0 Å². The fourth-order valence-electron chi connectivity index (χ4n) is 2.49. The molecule has 146 valence electrons. The molecule has 7 heteroatoms. The Morgan fingerprint density at radius 3 is 2.81 bits per heavy atom. The SMILES string of the molecule is C=CCON=C(N=c1sc(C)c(C)n1CCCC)c1cc(Cl)ccc1OC. The monoisotopic (exact) mass is 407 g/mol. The number of ether oxygens (including phenoxy) is 1. The minimum absolute atomic E-state index is 0.292. The molecule has 0 unspecified atom stereocenters. The van der Waals surface area contributed by atoms with Crippen molar-refractivity contribution in [3.8, 4) is 5.75 Å². The summed E-state index contributed by atoms with van der Waals surface area (Å²) >= 11 is 7.84. The predicted octanol–water partition coefficient (Wildman–Crippen LogP) is 5.09. The molecule has 1 aromatic heterocycles. The maximum absolute atomic E-state index is 6.20. The van der Waals surface area contributed by atoms with Crippen molar-refractivity contribution in [3.63, 3.8) is 0 Å². The van der Waals surface area contributed by atoms with Crippen molar-refractivity contribution in [2.75, 3.05) is 13.7 Å². The van der Waals surface area contributed by atoms with E-state index in [1.54, 1.807) is 42.7 Å². The molecular formula is C20H26ClN3O2S. The number of thiazole rings is 1. The van der Waals surface area contributed by atoms with E-state index in [2.05, 4.69) is 37.1 Å². The molecule has 0 radical (unpaired) electrons. The molecule has 0 fully saturated rings. The first-order valence-corrected chi connectivity index (χ1v) is 10.1. The van der Waals surface area contributed by atoms with Gasteiger partial charge in [0.25, 0.3) is 0 Å². The fraction of sp³-hybridized carbons (Fsp3) is 0.400. The summed E-state index contributed by atoms with van der Waals surface area (Å²) in [5, 5.41) is 4.80. The van der Waals surface area contributed by atoms with Gasteiger partial charge in [-0.15, -0.1) is 11.3 Å². The fourth-order valence-corrected chi connectivity index (χ4v) is 3.66. The number of aromatic nitrogens is 1. The zero-order chi connectivity index (χ0) is 19.8. The summed E-state index contributed by atoms with van der Waals surface area (Å²) in [4.78, 5) is 12.3. The number of hydrogen-bond acceptors (Lipinski definition) is 4. The molecule has 0 atom stereocenters. The highest BCUT2D eigenvalue weighted by Crippen LogP contribution is 2.24. The van der Waals surface area contributed by atoms with Crippen LogP contribution in [0.1, 0.15) is 35.9 Å². The van der Waals surface area contributed by atoms with Crippen molar-refractivity contribution >= 4 is 28.8 Å². The Balaban J connectivity index is 2.62. The second kappa shape index (κ2) is 10.3. The summed E-state index contributed by atoms with van der Waals surface area (Å²) in [6, 6.07) is 5.35. The van der Waals surface area contributed by atoms with E-state index in [9.17, 15) is 0 Å². The highest BCUT2D eigenvalue weighted by molar-refractivity contribution is 7.09. The van der Waals surface area contributed by atoms with Gasteiger partial charge in [-0.05, 0) is 38.5 Å². The third-order valence-corrected chi connectivity index (χ3v) is 5.40. The Bertz CT molecular complexity index is 884. The molecule has 0 aliphatic carbocycles. The maximum atomic E-state index is 6.20. The van der Waals surface area contributed by atoms with Gasteiger partial charge in [0, 0.05) is 22.1 Å². The van der Waals surface area contributed by atoms with Gasteiger partial charge in [0.05, 0.1) is 12.7 Å². The van der Waals surface area contributed by atoms with Gasteiger partial charge >= 0.3 is 0 Å². The third-order valence-electron chi connectivity index (χ3n) is 4.07. The van der Waals surface area contributed by atoms with Gasteiger partial charge in [-0.1, -0.05) is 42.8 Å². The molecule has 0 bridgehead atoms. The smallest absolute Gasteiger partial charge is 0.205 e. The lowest BCUT2D eigenvalue weighted by molar-refractivity contribution is 0.174. The van der Waals surface area contributed by atoms with Crippen LogP contribution in [0.15, 0.2) is 41.0 Å². The minimum Gasteiger partial charge on any atom is -0.496 e. The van der Waals surface area contributed by atoms with E-state index in [0.29, 0.717) is 28.8 Å². The molecule has 0 amide bonds. The van der Waals surface area contributed by atoms with Crippen LogP contribution in [0.5, 0.6) is 5.75 Å². The van der Waals surface area contributed by atoms with Crippen LogP contribution in [-0.4, -0.2) is 24.1 Å². The molecule has 27 heavy (non-hydrogen) atoms. The molecule has 0 saturated carbocycles. The highest BCUT2D eigenvalue weighted by Gasteiger charge is 2.14. The molecule has 5 nitrogen and oxygen atoms in total. The largest absolute Gasteiger partial charge is 0.496 e. The normalized spacial score (nSPS) is 12.3. The first-order chi connectivity index (χ1) is 13.0. The topological polar surface area (TPSA) is 48.1 Å². The van der Waals surface area contributed by atoms with Gasteiger partial charge in [0.15, 0.2) is 4.80 Å². The number of aryl methyl sites for hydroxylation is 1. The maximum Gasteiger partial charge on any atom is 0.205 e. The number of oxime groups is 1. The average Bonchev–Trinajstić information content (AvgIpc) is 2.92. The van der Waals surface area contributed by atoms with Crippen LogP contribution in [0, 0.1) is 13.8 Å². The minimum atomic E-state index is 0.292. The summed E-state index contributed by atoms with van der Waals surface area (Å²) in [6.45, 7) is 11.3. The van der Waals surface area contributed by atoms with Gasteiger partial charge in [-0.2, -0.15) is 4.99 Å². The molecule has 0 aliphatic heterocycles. The van der Waals surface area contributed by atoms with E-state index in [-0.39, 0.29) is 0 Å². The van der Waals surface area contributed by atoms with Gasteiger partial charge < -0.3 is 14.1 Å². The second-order valence-corrected chi connectivity index (χ2v) is 7.61. The second-order valence-electron chi connectivity index (χ2n) is 5.99. The molecule has 2 aromatic rings. The lowest BCUT2D eigenvalue weighted by atomic mass is 10.2. The van der Waals surface area contributed by atoms with Crippen molar-refractivity contribution in [1.82, 2.24) is 4.57 Å². The Hall–Kier alpha value is -2.05. The van der Waals surface area contributed by atoms with Crippen LogP contribution >= 0.6 is 22.9 Å². The quantitative estimate of drug-likeness (QED) is 0.201. The van der Waals surface area contributed by atoms with Crippen LogP contribution in [0.25, 0.3) is 0 Å². The molecule has 1 aromatic carbocycles. The van der Waals surface area contributed by atoms with E-state index in [1.165, 1.54) is 10.6 Å². The molecule has 0 N–H and O–H groups in total. The van der Waals surface area contributed by atoms with Crippen LogP contribution in [0.4, 0.5) is 0 Å². The predicted molar refractivity (Wildman–Crippen MR) is 113 cm³/mol. The van der Waals surface area contributed by atoms with Crippen LogP contribution < -0.4 is 9.54 Å². The zero-order valence-corrected chi connectivity index (χ0v) is 17.9. The van der Waals surface area contributed by atoms with Gasteiger partial charge in [-0.25, -0.2) is 0 Å². The van der Waals surface area contributed by atoms with E-state index in [1.807, 2.05) is 0 Å². The van der Waals surface area contributed by atoms with E-state index < -0.39 is 0 Å². The Labute approximate surface area is 169 Å². The van der Waals surface area contributed by atoms with E-state index in [0.717, 1.165) is 24.2 Å². The number of amidine groups is 1. The molecule has 0 spiro atoms. The van der Waals surface area contributed by atoms with Crippen molar-refractivity contribution < 1.29 is 9.57 Å². The highest BCUT2D eigenvalue weighted by atomic mass is 35.5. The summed E-state index contributed by atoms with van der Waals surface area (Å²) in [5.74, 6) is 1.05. The number of benzene rings is 1. The van der Waals surface area contributed by atoms with Crippen molar-refractivity contribution in [2.45, 2.75) is 40.2 Å². The van der Waals surface area contributed by atoms with Crippen molar-refractivity contribution in [1.29, 1.82) is 0 Å². The van der Waals surface area contributed by atoms with Crippen LogP contribution in [0.3, 0.4) is 0 Å². The van der Waals surface area contributed by atoms with Gasteiger partial charge in [-0.3, -0.25) is 0 Å². The Morgan fingerprint density at radius 2 is 2.15 bits per heavy atom.